The average Bonchev–Trinajstić information content (AvgIpc) is 2.58. The van der Waals surface area contributed by atoms with Crippen LogP contribution in [0.2, 0.25) is 0 Å². The van der Waals surface area contributed by atoms with Crippen molar-refractivity contribution < 1.29 is 5.11 Å². The van der Waals surface area contributed by atoms with Crippen molar-refractivity contribution in [3.63, 3.8) is 0 Å². The predicted octanol–water partition coefficient (Wildman–Crippen LogP) is 3.81. The molecule has 2 heteroatoms. The normalized spacial score (nSPS) is 12.3. The largest absolute Gasteiger partial charge is 0.383 e. The third kappa shape index (κ3) is 3.21. The molecule has 0 saturated carbocycles. The molecule has 3 aromatic rings. The fourth-order valence-corrected chi connectivity index (χ4v) is 4.70. The van der Waals surface area contributed by atoms with Gasteiger partial charge in [0.15, 0.2) is 0 Å². The van der Waals surface area contributed by atoms with Crippen molar-refractivity contribution in [3.05, 3.63) is 96.6 Å². The molecule has 0 bridgehead atoms. The molecule has 0 fully saturated rings. The summed E-state index contributed by atoms with van der Waals surface area (Å²) in [4.78, 5) is 0. The molecule has 0 aliphatic heterocycles. The lowest BCUT2D eigenvalue weighted by molar-refractivity contribution is 0.266. The van der Waals surface area contributed by atoms with Crippen molar-refractivity contribution in [2.75, 3.05) is 0 Å². The molecule has 104 valence electrons. The van der Waals surface area contributed by atoms with Gasteiger partial charge in [0, 0.05) is 0 Å². The van der Waals surface area contributed by atoms with Crippen LogP contribution < -0.4 is 10.6 Å². The minimum atomic E-state index is -0.833. The second-order valence-electron chi connectivity index (χ2n) is 4.83. The van der Waals surface area contributed by atoms with Gasteiger partial charge in [-0.25, -0.2) is 0 Å². The van der Waals surface area contributed by atoms with Crippen molar-refractivity contribution in [2.45, 2.75) is 5.85 Å². The molecular weight excluding hydrogens is 275 g/mol. The van der Waals surface area contributed by atoms with Gasteiger partial charge >= 0.3 is 0 Å². The van der Waals surface area contributed by atoms with E-state index in [2.05, 4.69) is 24.3 Å². The van der Waals surface area contributed by atoms with Crippen LogP contribution in [0.15, 0.2) is 91.0 Å². The molecule has 1 atom stereocenters. The van der Waals surface area contributed by atoms with Crippen LogP contribution in [0, 0.1) is 0 Å². The highest BCUT2D eigenvalue weighted by atomic mass is 31.1. The molecule has 1 nitrogen and oxygen atoms in total. The highest BCUT2D eigenvalue weighted by Gasteiger charge is 2.23. The Labute approximate surface area is 126 Å². The van der Waals surface area contributed by atoms with E-state index in [1.165, 1.54) is 10.6 Å². The van der Waals surface area contributed by atoms with Crippen LogP contribution in [-0.2, 0) is 0 Å². The molecule has 0 radical (unpaired) electrons. The van der Waals surface area contributed by atoms with Gasteiger partial charge in [0.25, 0.3) is 0 Å². The van der Waals surface area contributed by atoms with Crippen LogP contribution >= 0.6 is 7.92 Å². The van der Waals surface area contributed by atoms with Gasteiger partial charge in [0.1, 0.15) is 5.85 Å². The molecule has 1 N–H and O–H groups in total. The molecule has 0 spiro atoms. The topological polar surface area (TPSA) is 20.2 Å². The Morgan fingerprint density at radius 1 is 0.571 bits per heavy atom. The fraction of sp³-hybridized carbons (Fsp3) is 0.0526. The maximum atomic E-state index is 10.9. The molecule has 0 aliphatic carbocycles. The SMILES string of the molecule is OC(c1ccccc1)P(c1ccccc1)c1ccccc1. The zero-order chi connectivity index (χ0) is 14.5. The van der Waals surface area contributed by atoms with E-state index < -0.39 is 13.8 Å². The van der Waals surface area contributed by atoms with Crippen molar-refractivity contribution in [1.29, 1.82) is 0 Å². The number of hydrogen-bond donors (Lipinski definition) is 1. The standard InChI is InChI=1S/C19H17OP/c20-19(16-10-4-1-5-11-16)21(17-12-6-2-7-13-17)18-14-8-3-9-15-18/h1-15,19-20H. The van der Waals surface area contributed by atoms with Gasteiger partial charge < -0.3 is 5.11 Å². The highest BCUT2D eigenvalue weighted by Crippen LogP contribution is 2.47. The van der Waals surface area contributed by atoms with Gasteiger partial charge in [-0.3, -0.25) is 0 Å². The lowest BCUT2D eigenvalue weighted by Gasteiger charge is -2.24. The van der Waals surface area contributed by atoms with E-state index in [0.29, 0.717) is 0 Å². The third-order valence-corrected chi connectivity index (χ3v) is 5.91. The van der Waals surface area contributed by atoms with Crippen LogP contribution in [0.5, 0.6) is 0 Å². The number of hydrogen-bond acceptors (Lipinski definition) is 1. The van der Waals surface area contributed by atoms with Crippen molar-refractivity contribution in [3.8, 4) is 0 Å². The lowest BCUT2D eigenvalue weighted by atomic mass is 10.2. The zero-order valence-electron chi connectivity index (χ0n) is 11.6. The van der Waals surface area contributed by atoms with Crippen LogP contribution in [0.4, 0.5) is 0 Å². The van der Waals surface area contributed by atoms with Gasteiger partial charge in [-0.15, -0.1) is 0 Å². The molecule has 1 unspecified atom stereocenters. The van der Waals surface area contributed by atoms with Crippen LogP contribution in [-0.4, -0.2) is 5.11 Å². The first kappa shape index (κ1) is 14.0. The summed E-state index contributed by atoms with van der Waals surface area (Å²) < 4.78 is 0. The molecule has 0 saturated heterocycles. The Bertz CT molecular complexity index is 628. The quantitative estimate of drug-likeness (QED) is 0.725. The van der Waals surface area contributed by atoms with Gasteiger partial charge in [0.2, 0.25) is 0 Å². The summed E-state index contributed by atoms with van der Waals surface area (Å²) in [5.41, 5.74) is 0.969. The summed E-state index contributed by atoms with van der Waals surface area (Å²) in [6.45, 7) is 0. The van der Waals surface area contributed by atoms with E-state index >= 15 is 0 Å². The van der Waals surface area contributed by atoms with E-state index in [4.69, 9.17) is 0 Å². The van der Waals surface area contributed by atoms with Crippen molar-refractivity contribution >= 4 is 18.5 Å². The number of aliphatic hydroxyl groups is 1. The summed E-state index contributed by atoms with van der Waals surface area (Å²) in [6.07, 6.45) is 0. The summed E-state index contributed by atoms with van der Waals surface area (Å²) in [7, 11) is -0.833. The highest BCUT2D eigenvalue weighted by molar-refractivity contribution is 7.73. The van der Waals surface area contributed by atoms with Crippen LogP contribution in [0.3, 0.4) is 0 Å². The van der Waals surface area contributed by atoms with Gasteiger partial charge in [-0.05, 0) is 24.1 Å². The summed E-state index contributed by atoms with van der Waals surface area (Å²) in [6, 6.07) is 30.5. The number of rotatable bonds is 4. The molecular formula is C19H17OP. The Hall–Kier alpha value is -1.95. The van der Waals surface area contributed by atoms with Gasteiger partial charge in [-0.2, -0.15) is 0 Å². The molecule has 3 aromatic carbocycles. The summed E-state index contributed by atoms with van der Waals surface area (Å²) >= 11 is 0. The van der Waals surface area contributed by atoms with Crippen molar-refractivity contribution in [2.24, 2.45) is 0 Å². The molecule has 0 aromatic heterocycles. The smallest absolute Gasteiger partial charge is 0.106 e. The van der Waals surface area contributed by atoms with Crippen LogP contribution in [0.25, 0.3) is 0 Å². The zero-order valence-corrected chi connectivity index (χ0v) is 12.5. The van der Waals surface area contributed by atoms with E-state index in [9.17, 15) is 5.11 Å². The Balaban J connectivity index is 2.05. The average molecular weight is 292 g/mol. The second-order valence-corrected chi connectivity index (χ2v) is 7.09. The fourth-order valence-electron chi connectivity index (χ4n) is 2.38. The molecule has 0 aliphatic rings. The lowest BCUT2D eigenvalue weighted by Crippen LogP contribution is -2.16. The predicted molar refractivity (Wildman–Crippen MR) is 90.5 cm³/mol. The Kier molecular flexibility index (Phi) is 4.45. The van der Waals surface area contributed by atoms with Gasteiger partial charge in [0.05, 0.1) is 0 Å². The van der Waals surface area contributed by atoms with E-state index in [1.54, 1.807) is 0 Å². The number of benzene rings is 3. The number of aliphatic hydroxyl groups excluding tert-OH is 1. The Morgan fingerprint density at radius 3 is 1.38 bits per heavy atom. The molecule has 0 amide bonds. The second kappa shape index (κ2) is 6.67. The van der Waals surface area contributed by atoms with Crippen LogP contribution in [0.1, 0.15) is 11.4 Å². The maximum Gasteiger partial charge on any atom is 0.106 e. The minimum Gasteiger partial charge on any atom is -0.383 e. The first-order valence-electron chi connectivity index (χ1n) is 6.98. The first-order valence-corrected chi connectivity index (χ1v) is 8.40. The third-order valence-electron chi connectivity index (χ3n) is 3.41. The minimum absolute atomic E-state index is 0.494. The van der Waals surface area contributed by atoms with E-state index in [-0.39, 0.29) is 0 Å². The summed E-state index contributed by atoms with van der Waals surface area (Å²) in [5, 5.41) is 13.3. The monoisotopic (exact) mass is 292 g/mol. The van der Waals surface area contributed by atoms with E-state index in [1.807, 2.05) is 66.7 Å². The molecule has 21 heavy (non-hydrogen) atoms. The molecule has 0 heterocycles. The first-order chi connectivity index (χ1) is 10.4. The van der Waals surface area contributed by atoms with Crippen molar-refractivity contribution in [1.82, 2.24) is 0 Å². The Morgan fingerprint density at radius 2 is 0.952 bits per heavy atom. The summed E-state index contributed by atoms with van der Waals surface area (Å²) in [5.74, 6) is -0.494. The van der Waals surface area contributed by atoms with E-state index in [0.717, 1.165) is 5.56 Å². The molecule has 3 rings (SSSR count). The maximum absolute atomic E-state index is 10.9. The van der Waals surface area contributed by atoms with Gasteiger partial charge in [-0.1, -0.05) is 91.0 Å².